The minimum Gasteiger partial charge on any atom is -0.353 e. The highest BCUT2D eigenvalue weighted by atomic mass is 32.2. The van der Waals surface area contributed by atoms with Gasteiger partial charge >= 0.3 is 0 Å². The number of carbonyl (C=O) groups is 1. The number of benzene rings is 1. The summed E-state index contributed by atoms with van der Waals surface area (Å²) in [7, 11) is 0. The number of carbonyl (C=O) groups excluding carboxylic acids is 1. The Labute approximate surface area is 160 Å². The Morgan fingerprint density at radius 3 is 2.62 bits per heavy atom. The molecule has 1 aliphatic heterocycles. The largest absolute Gasteiger partial charge is 0.353 e. The molecule has 6 nitrogen and oxygen atoms in total. The summed E-state index contributed by atoms with van der Waals surface area (Å²) in [5, 5.41) is 15.8. The molecule has 1 aromatic carbocycles. The van der Waals surface area contributed by atoms with Crippen LogP contribution in [-0.2, 0) is 4.79 Å². The molecule has 2 aromatic rings. The molecule has 1 unspecified atom stereocenters. The lowest BCUT2D eigenvalue weighted by Gasteiger charge is -2.26. The van der Waals surface area contributed by atoms with Gasteiger partial charge in [-0.15, -0.1) is 23.1 Å². The zero-order valence-electron chi connectivity index (χ0n) is 14.3. The maximum atomic E-state index is 12.2. The molecule has 1 N–H and O–H groups in total. The van der Waals surface area contributed by atoms with Crippen molar-refractivity contribution in [1.82, 2.24) is 10.2 Å². The summed E-state index contributed by atoms with van der Waals surface area (Å²) in [4.78, 5) is 27.0. The van der Waals surface area contributed by atoms with Gasteiger partial charge in [0.1, 0.15) is 0 Å². The van der Waals surface area contributed by atoms with Crippen molar-refractivity contribution in [2.75, 3.05) is 25.4 Å². The third-order valence-corrected chi connectivity index (χ3v) is 6.35. The van der Waals surface area contributed by atoms with Crippen LogP contribution in [0.1, 0.15) is 23.8 Å². The third-order valence-electron chi connectivity index (χ3n) is 4.36. The van der Waals surface area contributed by atoms with Crippen molar-refractivity contribution in [2.45, 2.75) is 23.8 Å². The molecule has 8 heteroatoms. The molecule has 1 amide bonds. The number of likely N-dealkylation sites (tertiary alicyclic amines) is 1. The Morgan fingerprint density at radius 1 is 1.27 bits per heavy atom. The van der Waals surface area contributed by atoms with Gasteiger partial charge in [0.05, 0.1) is 16.7 Å². The van der Waals surface area contributed by atoms with Crippen LogP contribution >= 0.6 is 23.1 Å². The molecule has 1 saturated heterocycles. The van der Waals surface area contributed by atoms with E-state index < -0.39 is 4.92 Å². The molecular formula is C18H21N3O3S2. The average molecular weight is 392 g/mol. The van der Waals surface area contributed by atoms with Gasteiger partial charge in [-0.25, -0.2) is 0 Å². The summed E-state index contributed by atoms with van der Waals surface area (Å²) in [5.74, 6) is 0.281. The Hall–Kier alpha value is -1.90. The van der Waals surface area contributed by atoms with Gasteiger partial charge < -0.3 is 5.32 Å². The van der Waals surface area contributed by atoms with E-state index in [0.717, 1.165) is 18.0 Å². The first kappa shape index (κ1) is 18.9. The van der Waals surface area contributed by atoms with Crippen molar-refractivity contribution in [1.29, 1.82) is 0 Å². The summed E-state index contributed by atoms with van der Waals surface area (Å²) in [5.41, 5.74) is 0.0585. The number of nitrogens with one attached hydrogen (secondary N) is 1. The lowest BCUT2D eigenvalue weighted by atomic mass is 10.2. The number of nitro groups is 1. The van der Waals surface area contributed by atoms with Gasteiger partial charge in [0, 0.05) is 28.5 Å². The normalized spacial score (nSPS) is 15.7. The number of thioether (sulfide) groups is 1. The molecule has 2 heterocycles. The van der Waals surface area contributed by atoms with Crippen molar-refractivity contribution in [2.24, 2.45) is 0 Å². The summed E-state index contributed by atoms with van der Waals surface area (Å²) >= 11 is 3.11. The highest BCUT2D eigenvalue weighted by molar-refractivity contribution is 8.00. The standard InChI is InChI=1S/C18H21N3O3S2/c22-18(13-26-15-7-5-14(6-8-15)21(23)24)19-12-16(17-4-3-11-25-17)20-9-1-2-10-20/h3-8,11,16H,1-2,9-10,12-13H2,(H,19,22). The second kappa shape index (κ2) is 9.16. The van der Waals surface area contributed by atoms with E-state index in [1.165, 1.54) is 41.6 Å². The minimum atomic E-state index is -0.426. The summed E-state index contributed by atoms with van der Waals surface area (Å²) in [6.07, 6.45) is 2.43. The number of nitrogens with zero attached hydrogens (tertiary/aromatic N) is 2. The molecule has 0 spiro atoms. The molecule has 0 aliphatic carbocycles. The first-order chi connectivity index (χ1) is 12.6. The van der Waals surface area contributed by atoms with Crippen LogP contribution < -0.4 is 5.32 Å². The third kappa shape index (κ3) is 5.06. The van der Waals surface area contributed by atoms with Gasteiger partial charge in [-0.05, 0) is 49.5 Å². The van der Waals surface area contributed by atoms with E-state index >= 15 is 0 Å². The molecule has 0 radical (unpaired) electrons. The quantitative estimate of drug-likeness (QED) is 0.422. The van der Waals surface area contributed by atoms with Crippen molar-refractivity contribution in [3.05, 3.63) is 56.8 Å². The van der Waals surface area contributed by atoms with Gasteiger partial charge in [0.25, 0.3) is 5.69 Å². The zero-order valence-corrected chi connectivity index (χ0v) is 15.9. The number of hydrogen-bond donors (Lipinski definition) is 1. The van der Waals surface area contributed by atoms with Crippen LogP contribution in [-0.4, -0.2) is 41.1 Å². The molecule has 0 bridgehead atoms. The molecule has 1 aliphatic rings. The Bertz CT molecular complexity index is 729. The molecule has 138 valence electrons. The monoisotopic (exact) mass is 391 g/mol. The van der Waals surface area contributed by atoms with E-state index in [-0.39, 0.29) is 17.6 Å². The Morgan fingerprint density at radius 2 is 2.00 bits per heavy atom. The number of rotatable bonds is 8. The molecule has 1 aromatic heterocycles. The fourth-order valence-corrected chi connectivity index (χ4v) is 4.61. The van der Waals surface area contributed by atoms with Crippen LogP contribution in [0.3, 0.4) is 0 Å². The molecule has 3 rings (SSSR count). The summed E-state index contributed by atoms with van der Waals surface area (Å²) in [6, 6.07) is 10.7. The van der Waals surface area contributed by atoms with E-state index in [4.69, 9.17) is 0 Å². The van der Waals surface area contributed by atoms with Crippen LogP contribution in [0.25, 0.3) is 0 Å². The highest BCUT2D eigenvalue weighted by Gasteiger charge is 2.24. The Kier molecular flexibility index (Phi) is 6.65. The van der Waals surface area contributed by atoms with Gasteiger partial charge in [0.2, 0.25) is 5.91 Å². The topological polar surface area (TPSA) is 75.5 Å². The maximum Gasteiger partial charge on any atom is 0.269 e. The molecule has 26 heavy (non-hydrogen) atoms. The second-order valence-corrected chi connectivity index (χ2v) is 8.15. The number of amides is 1. The van der Waals surface area contributed by atoms with E-state index in [0.29, 0.717) is 12.3 Å². The molecule has 1 fully saturated rings. The first-order valence-electron chi connectivity index (χ1n) is 8.55. The lowest BCUT2D eigenvalue weighted by Crippen LogP contribution is -2.37. The first-order valence-corrected chi connectivity index (χ1v) is 10.4. The fraction of sp³-hybridized carbons (Fsp3) is 0.389. The predicted octanol–water partition coefficient (Wildman–Crippen LogP) is 3.70. The van der Waals surface area contributed by atoms with E-state index in [1.54, 1.807) is 23.5 Å². The average Bonchev–Trinajstić information content (AvgIpc) is 3.35. The van der Waals surface area contributed by atoms with Crippen LogP contribution in [0.4, 0.5) is 5.69 Å². The SMILES string of the molecule is O=C(CSc1ccc([N+](=O)[O-])cc1)NCC(c1cccs1)N1CCCC1. The van der Waals surface area contributed by atoms with Gasteiger partial charge in [-0.2, -0.15) is 0 Å². The van der Waals surface area contributed by atoms with Crippen molar-refractivity contribution in [3.63, 3.8) is 0 Å². The van der Waals surface area contributed by atoms with E-state index in [9.17, 15) is 14.9 Å². The predicted molar refractivity (Wildman–Crippen MR) is 105 cm³/mol. The van der Waals surface area contributed by atoms with Gasteiger partial charge in [-0.3, -0.25) is 19.8 Å². The minimum absolute atomic E-state index is 0.0193. The fourth-order valence-electron chi connectivity index (χ4n) is 3.02. The highest BCUT2D eigenvalue weighted by Crippen LogP contribution is 2.28. The molecular weight excluding hydrogens is 370 g/mol. The van der Waals surface area contributed by atoms with Crippen LogP contribution in [0, 0.1) is 10.1 Å². The van der Waals surface area contributed by atoms with Gasteiger partial charge in [0.15, 0.2) is 0 Å². The van der Waals surface area contributed by atoms with E-state index in [1.807, 2.05) is 0 Å². The maximum absolute atomic E-state index is 12.2. The van der Waals surface area contributed by atoms with Crippen molar-refractivity contribution < 1.29 is 9.72 Å². The summed E-state index contributed by atoms with van der Waals surface area (Å²) < 4.78 is 0. The van der Waals surface area contributed by atoms with E-state index in [2.05, 4.69) is 27.7 Å². The second-order valence-electron chi connectivity index (χ2n) is 6.12. The smallest absolute Gasteiger partial charge is 0.269 e. The molecule has 1 atom stereocenters. The van der Waals surface area contributed by atoms with Crippen LogP contribution in [0.15, 0.2) is 46.7 Å². The van der Waals surface area contributed by atoms with Gasteiger partial charge in [-0.1, -0.05) is 6.07 Å². The Balaban J connectivity index is 1.49. The van der Waals surface area contributed by atoms with Crippen molar-refractivity contribution in [3.8, 4) is 0 Å². The molecule has 0 saturated carbocycles. The number of nitro benzene ring substituents is 1. The van der Waals surface area contributed by atoms with Crippen LogP contribution in [0.2, 0.25) is 0 Å². The van der Waals surface area contributed by atoms with Crippen LogP contribution in [0.5, 0.6) is 0 Å². The number of thiophene rings is 1. The zero-order chi connectivity index (χ0) is 18.4. The lowest BCUT2D eigenvalue weighted by molar-refractivity contribution is -0.384. The number of non-ortho nitro benzene ring substituents is 1. The number of hydrogen-bond acceptors (Lipinski definition) is 6. The summed E-state index contributed by atoms with van der Waals surface area (Å²) in [6.45, 7) is 2.77. The van der Waals surface area contributed by atoms with Crippen molar-refractivity contribution >= 4 is 34.7 Å².